The predicted octanol–water partition coefficient (Wildman–Crippen LogP) is 2.77. The summed E-state index contributed by atoms with van der Waals surface area (Å²) in [6, 6.07) is 5.51. The fourth-order valence-electron chi connectivity index (χ4n) is 2.42. The fourth-order valence-corrected chi connectivity index (χ4v) is 2.42. The summed E-state index contributed by atoms with van der Waals surface area (Å²) in [5.41, 5.74) is 8.23. The summed E-state index contributed by atoms with van der Waals surface area (Å²) >= 11 is 0. The van der Waals surface area contributed by atoms with E-state index in [1.165, 1.54) is 0 Å². The van der Waals surface area contributed by atoms with Crippen LogP contribution in [0.3, 0.4) is 0 Å². The Labute approximate surface area is 128 Å². The zero-order valence-corrected chi connectivity index (χ0v) is 13.9. The van der Waals surface area contributed by atoms with Crippen molar-refractivity contribution < 1.29 is 4.79 Å². The summed E-state index contributed by atoms with van der Waals surface area (Å²) < 4.78 is 0. The molecule has 0 saturated heterocycles. The molecule has 0 aliphatic rings. The molecule has 0 aliphatic carbocycles. The molecule has 0 bridgehead atoms. The van der Waals surface area contributed by atoms with E-state index in [1.54, 1.807) is 0 Å². The maximum Gasteiger partial charge on any atom is 0.253 e. The Morgan fingerprint density at radius 3 is 2.29 bits per heavy atom. The molecule has 0 heterocycles. The highest BCUT2D eigenvalue weighted by Crippen LogP contribution is 2.14. The first-order valence-electron chi connectivity index (χ1n) is 7.91. The monoisotopic (exact) mass is 291 g/mol. The number of hydrogen-bond donors (Lipinski definition) is 1. The van der Waals surface area contributed by atoms with E-state index in [0.717, 1.165) is 56.0 Å². The Bertz CT molecular complexity index is 455. The molecule has 0 radical (unpaired) electrons. The van der Waals surface area contributed by atoms with Gasteiger partial charge in [0.1, 0.15) is 0 Å². The predicted molar refractivity (Wildman–Crippen MR) is 89.6 cm³/mol. The van der Waals surface area contributed by atoms with Crippen molar-refractivity contribution in [3.63, 3.8) is 0 Å². The minimum atomic E-state index is 0.0974. The maximum atomic E-state index is 12.5. The molecule has 0 aromatic heterocycles. The van der Waals surface area contributed by atoms with E-state index in [9.17, 15) is 4.79 Å². The summed E-state index contributed by atoms with van der Waals surface area (Å²) in [4.78, 5) is 16.8. The highest BCUT2D eigenvalue weighted by molar-refractivity contribution is 5.94. The number of aryl methyl sites for hydroxylation is 1. The lowest BCUT2D eigenvalue weighted by atomic mass is 10.1. The fraction of sp³-hybridized carbons (Fsp3) is 0.588. The zero-order chi connectivity index (χ0) is 15.8. The molecular formula is C17H29N3O. The average molecular weight is 291 g/mol. The summed E-state index contributed by atoms with van der Waals surface area (Å²) in [6.07, 6.45) is 1.01. The molecule has 0 fully saturated rings. The van der Waals surface area contributed by atoms with E-state index in [-0.39, 0.29) is 5.91 Å². The minimum absolute atomic E-state index is 0.0974. The second kappa shape index (κ2) is 8.67. The lowest BCUT2D eigenvalue weighted by molar-refractivity contribution is 0.0757. The normalized spacial score (nSPS) is 10.9. The third-order valence-electron chi connectivity index (χ3n) is 3.98. The van der Waals surface area contributed by atoms with Gasteiger partial charge in [-0.3, -0.25) is 4.79 Å². The lowest BCUT2D eigenvalue weighted by Crippen LogP contribution is -2.34. The summed E-state index contributed by atoms with van der Waals surface area (Å²) in [6.45, 7) is 13.0. The molecule has 21 heavy (non-hydrogen) atoms. The molecule has 2 N–H and O–H groups in total. The molecule has 0 saturated carbocycles. The van der Waals surface area contributed by atoms with E-state index in [2.05, 4.69) is 18.7 Å². The van der Waals surface area contributed by atoms with E-state index < -0.39 is 0 Å². The van der Waals surface area contributed by atoms with Gasteiger partial charge in [-0.1, -0.05) is 13.8 Å². The number of carbonyl (C=O) groups excluding carboxylic acids is 1. The van der Waals surface area contributed by atoms with Gasteiger partial charge < -0.3 is 15.5 Å². The van der Waals surface area contributed by atoms with Gasteiger partial charge in [-0.2, -0.15) is 0 Å². The number of hydrogen-bond acceptors (Lipinski definition) is 3. The van der Waals surface area contributed by atoms with E-state index in [0.29, 0.717) is 0 Å². The van der Waals surface area contributed by atoms with Crippen molar-refractivity contribution >= 4 is 11.6 Å². The van der Waals surface area contributed by atoms with Gasteiger partial charge in [-0.15, -0.1) is 0 Å². The number of carbonyl (C=O) groups is 1. The van der Waals surface area contributed by atoms with Gasteiger partial charge >= 0.3 is 0 Å². The smallest absolute Gasteiger partial charge is 0.253 e. The number of nitrogen functional groups attached to an aromatic ring is 1. The highest BCUT2D eigenvalue weighted by atomic mass is 16.2. The quantitative estimate of drug-likeness (QED) is 0.749. The molecule has 0 spiro atoms. The van der Waals surface area contributed by atoms with E-state index >= 15 is 0 Å². The Balaban J connectivity index is 2.62. The molecule has 118 valence electrons. The summed E-state index contributed by atoms with van der Waals surface area (Å²) in [5, 5.41) is 0. The second-order valence-corrected chi connectivity index (χ2v) is 5.34. The van der Waals surface area contributed by atoms with Gasteiger partial charge in [0.25, 0.3) is 5.91 Å². The Morgan fingerprint density at radius 2 is 1.76 bits per heavy atom. The SMILES string of the molecule is CCN(CC)CCCN(CC)C(=O)c1ccc(N)c(C)c1. The Kier molecular flexibility index (Phi) is 7.23. The zero-order valence-electron chi connectivity index (χ0n) is 13.9. The van der Waals surface area contributed by atoms with Crippen LogP contribution in [0, 0.1) is 6.92 Å². The van der Waals surface area contributed by atoms with Crippen LogP contribution in [0.4, 0.5) is 5.69 Å². The minimum Gasteiger partial charge on any atom is -0.399 e. The van der Waals surface area contributed by atoms with Gasteiger partial charge in [0.05, 0.1) is 0 Å². The summed E-state index contributed by atoms with van der Waals surface area (Å²) in [5.74, 6) is 0.0974. The molecule has 4 heteroatoms. The van der Waals surface area contributed by atoms with Gasteiger partial charge in [0.15, 0.2) is 0 Å². The number of amides is 1. The van der Waals surface area contributed by atoms with Gasteiger partial charge in [0.2, 0.25) is 0 Å². The van der Waals surface area contributed by atoms with E-state index in [4.69, 9.17) is 5.73 Å². The van der Waals surface area contributed by atoms with Crippen molar-refractivity contribution in [1.82, 2.24) is 9.80 Å². The van der Waals surface area contributed by atoms with Crippen molar-refractivity contribution in [2.24, 2.45) is 0 Å². The largest absolute Gasteiger partial charge is 0.399 e. The topological polar surface area (TPSA) is 49.6 Å². The van der Waals surface area contributed by atoms with Crippen LogP contribution in [-0.4, -0.2) is 48.4 Å². The molecule has 1 amide bonds. The second-order valence-electron chi connectivity index (χ2n) is 5.34. The molecule has 1 aromatic carbocycles. The highest BCUT2D eigenvalue weighted by Gasteiger charge is 2.14. The average Bonchev–Trinajstić information content (AvgIpc) is 2.50. The van der Waals surface area contributed by atoms with Crippen molar-refractivity contribution in [2.45, 2.75) is 34.1 Å². The molecule has 1 rings (SSSR count). The number of rotatable bonds is 8. The lowest BCUT2D eigenvalue weighted by Gasteiger charge is -2.24. The van der Waals surface area contributed by atoms with Crippen molar-refractivity contribution in [3.05, 3.63) is 29.3 Å². The molecule has 0 atom stereocenters. The van der Waals surface area contributed by atoms with E-state index in [1.807, 2.05) is 36.9 Å². The van der Waals surface area contributed by atoms with Crippen LogP contribution >= 0.6 is 0 Å². The van der Waals surface area contributed by atoms with Crippen LogP contribution in [0.2, 0.25) is 0 Å². The number of nitrogens with zero attached hydrogens (tertiary/aromatic N) is 2. The third kappa shape index (κ3) is 5.05. The molecule has 4 nitrogen and oxygen atoms in total. The van der Waals surface area contributed by atoms with Crippen molar-refractivity contribution in [1.29, 1.82) is 0 Å². The van der Waals surface area contributed by atoms with Crippen LogP contribution in [0.15, 0.2) is 18.2 Å². The van der Waals surface area contributed by atoms with Crippen LogP contribution in [-0.2, 0) is 0 Å². The number of nitrogens with two attached hydrogens (primary N) is 1. The van der Waals surface area contributed by atoms with Crippen molar-refractivity contribution in [3.8, 4) is 0 Å². The summed E-state index contributed by atoms with van der Waals surface area (Å²) in [7, 11) is 0. The molecular weight excluding hydrogens is 262 g/mol. The standard InChI is InChI=1S/C17H29N3O/c1-5-19(6-2)11-8-12-20(7-3)17(21)15-9-10-16(18)14(4)13-15/h9-10,13H,5-8,11-12,18H2,1-4H3. The van der Waals surface area contributed by atoms with Crippen LogP contribution in [0.1, 0.15) is 43.1 Å². The van der Waals surface area contributed by atoms with Gasteiger partial charge in [-0.05, 0) is 63.7 Å². The van der Waals surface area contributed by atoms with Crippen LogP contribution in [0.5, 0.6) is 0 Å². The van der Waals surface area contributed by atoms with Crippen LogP contribution < -0.4 is 5.73 Å². The molecule has 0 unspecified atom stereocenters. The number of anilines is 1. The molecule has 0 aliphatic heterocycles. The third-order valence-corrected chi connectivity index (χ3v) is 3.98. The molecule has 1 aromatic rings. The maximum absolute atomic E-state index is 12.5. The number of benzene rings is 1. The first-order chi connectivity index (χ1) is 10.0. The van der Waals surface area contributed by atoms with Crippen molar-refractivity contribution in [2.75, 3.05) is 38.5 Å². The first-order valence-corrected chi connectivity index (χ1v) is 7.91. The van der Waals surface area contributed by atoms with Crippen LogP contribution in [0.25, 0.3) is 0 Å². The Morgan fingerprint density at radius 1 is 1.10 bits per heavy atom. The van der Waals surface area contributed by atoms with Gasteiger partial charge in [-0.25, -0.2) is 0 Å². The first kappa shape index (κ1) is 17.5. The Hall–Kier alpha value is -1.55. The van der Waals surface area contributed by atoms with Gasteiger partial charge in [0, 0.05) is 24.3 Å².